The second kappa shape index (κ2) is 6.46. The zero-order valence-electron chi connectivity index (χ0n) is 11.0. The summed E-state index contributed by atoms with van der Waals surface area (Å²) in [6.45, 7) is 1.41. The maximum Gasteiger partial charge on any atom is 0.402 e. The summed E-state index contributed by atoms with van der Waals surface area (Å²) in [5.74, 6) is -1.15. The molecule has 0 aliphatic rings. The monoisotopic (exact) mass is 358 g/mol. The number of halogens is 5. The van der Waals surface area contributed by atoms with Crippen molar-refractivity contribution in [3.63, 3.8) is 0 Å². The van der Waals surface area contributed by atoms with Crippen LogP contribution < -0.4 is 5.32 Å². The Morgan fingerprint density at radius 2 is 1.90 bits per heavy atom. The zero-order valence-corrected chi connectivity index (χ0v) is 13.3. The predicted octanol–water partition coefficient (Wildman–Crippen LogP) is 4.56. The molecule has 0 heterocycles. The number of carbonyl (C=O) groups excluding carboxylic acids is 1. The molecule has 0 saturated heterocycles. The van der Waals surface area contributed by atoms with Gasteiger partial charge in [-0.05, 0) is 25.5 Å². The van der Waals surface area contributed by atoms with Crippen LogP contribution in [-0.4, -0.2) is 12.1 Å². The molecule has 1 N–H and O–H groups in total. The van der Waals surface area contributed by atoms with Crippen LogP contribution in [0.1, 0.15) is 19.4 Å². The van der Waals surface area contributed by atoms with Crippen LogP contribution in [0.2, 0.25) is 10.0 Å². The van der Waals surface area contributed by atoms with Crippen molar-refractivity contribution in [3.05, 3.63) is 27.7 Å². The maximum absolute atomic E-state index is 12.7. The highest BCUT2D eigenvalue weighted by Gasteiger charge is 2.52. The molecular formula is C12H11Cl2F3N2OS. The van der Waals surface area contributed by atoms with Gasteiger partial charge in [-0.2, -0.15) is 17.5 Å². The first kappa shape index (κ1) is 18.1. The van der Waals surface area contributed by atoms with Crippen molar-refractivity contribution in [2.75, 3.05) is 0 Å². The van der Waals surface area contributed by atoms with Crippen molar-refractivity contribution in [2.24, 2.45) is 9.78 Å². The summed E-state index contributed by atoms with van der Waals surface area (Å²) in [6.07, 6.45) is -4.65. The highest BCUT2D eigenvalue weighted by atomic mass is 35.5. The van der Waals surface area contributed by atoms with Gasteiger partial charge < -0.3 is 5.32 Å². The lowest BCUT2D eigenvalue weighted by Gasteiger charge is -2.26. The predicted molar refractivity (Wildman–Crippen MR) is 77.6 cm³/mol. The highest BCUT2D eigenvalue weighted by molar-refractivity contribution is 7.47. The number of nitrogens with one attached hydrogen (secondary N) is 1. The lowest BCUT2D eigenvalue weighted by atomic mass is 9.91. The Bertz CT molecular complexity index is 576. The molecule has 3 nitrogen and oxygen atoms in total. The molecule has 1 aromatic rings. The van der Waals surface area contributed by atoms with Gasteiger partial charge in [0, 0.05) is 19.0 Å². The standard InChI is InChI=1S/C12H11Cl2F3N2OS/c1-11(2,12(15,16)17)10(20)18-5-6-3-4-7(13)9(19-21)8(6)14/h3-4H,5H2,1-2H3,(H,18,20). The van der Waals surface area contributed by atoms with Crippen LogP contribution in [0.4, 0.5) is 18.9 Å². The normalized spacial score (nSPS) is 12.1. The first-order valence-corrected chi connectivity index (χ1v) is 6.79. The molecule has 1 amide bonds. The average molecular weight is 359 g/mol. The van der Waals surface area contributed by atoms with Gasteiger partial charge in [0.25, 0.3) is 0 Å². The molecule has 9 heteroatoms. The van der Waals surface area contributed by atoms with Gasteiger partial charge in [-0.15, -0.1) is 0 Å². The smallest absolute Gasteiger partial charge is 0.351 e. The van der Waals surface area contributed by atoms with E-state index in [1.807, 2.05) is 0 Å². The van der Waals surface area contributed by atoms with E-state index in [-0.39, 0.29) is 22.3 Å². The van der Waals surface area contributed by atoms with E-state index in [2.05, 4.69) is 22.1 Å². The van der Waals surface area contributed by atoms with Crippen molar-refractivity contribution >= 4 is 47.2 Å². The molecular weight excluding hydrogens is 348 g/mol. The third kappa shape index (κ3) is 3.84. The van der Waals surface area contributed by atoms with Crippen LogP contribution in [0.3, 0.4) is 0 Å². The fourth-order valence-corrected chi connectivity index (χ4v) is 2.14. The van der Waals surface area contributed by atoms with E-state index < -0.39 is 17.5 Å². The quantitative estimate of drug-likeness (QED) is 0.856. The Morgan fingerprint density at radius 3 is 2.38 bits per heavy atom. The number of alkyl halides is 3. The van der Waals surface area contributed by atoms with Gasteiger partial charge in [-0.25, -0.2) is 0 Å². The Morgan fingerprint density at radius 1 is 1.33 bits per heavy atom. The largest absolute Gasteiger partial charge is 0.402 e. The molecule has 21 heavy (non-hydrogen) atoms. The Kier molecular flexibility index (Phi) is 5.57. The molecule has 1 aromatic carbocycles. The highest BCUT2D eigenvalue weighted by Crippen LogP contribution is 2.38. The summed E-state index contributed by atoms with van der Waals surface area (Å²) in [5, 5.41) is 2.52. The van der Waals surface area contributed by atoms with Gasteiger partial charge in [0.2, 0.25) is 5.91 Å². The topological polar surface area (TPSA) is 41.5 Å². The van der Waals surface area contributed by atoms with Crippen LogP contribution in [-0.2, 0) is 23.8 Å². The molecule has 0 fully saturated rings. The molecule has 0 radical (unpaired) electrons. The second-order valence-electron chi connectivity index (χ2n) is 4.77. The van der Waals surface area contributed by atoms with E-state index in [9.17, 15) is 18.0 Å². The molecule has 0 saturated carbocycles. The summed E-state index contributed by atoms with van der Waals surface area (Å²) >= 11 is 16.3. The fraction of sp³-hybridized carbons (Fsp3) is 0.417. The summed E-state index contributed by atoms with van der Waals surface area (Å²) in [6, 6.07) is 2.94. The first-order valence-electron chi connectivity index (χ1n) is 5.67. The van der Waals surface area contributed by atoms with E-state index in [1.165, 1.54) is 12.1 Å². The molecule has 0 atom stereocenters. The third-order valence-electron chi connectivity index (χ3n) is 2.95. The summed E-state index contributed by atoms with van der Waals surface area (Å²) in [4.78, 5) is 11.7. The van der Waals surface area contributed by atoms with Gasteiger partial charge in [0.05, 0.1) is 10.0 Å². The SMILES string of the molecule is CC(C)(C(=O)NCc1ccc(Cl)c(N=S)c1Cl)C(F)(F)F. The van der Waals surface area contributed by atoms with Gasteiger partial charge in [-0.1, -0.05) is 29.3 Å². The van der Waals surface area contributed by atoms with E-state index in [0.717, 1.165) is 13.8 Å². The van der Waals surface area contributed by atoms with E-state index in [4.69, 9.17) is 23.2 Å². The molecule has 0 aliphatic carbocycles. The van der Waals surface area contributed by atoms with Crippen molar-refractivity contribution in [3.8, 4) is 0 Å². The minimum absolute atomic E-state index is 0.0996. The van der Waals surface area contributed by atoms with E-state index in [0.29, 0.717) is 5.56 Å². The van der Waals surface area contributed by atoms with Gasteiger partial charge in [-0.3, -0.25) is 4.79 Å². The van der Waals surface area contributed by atoms with Gasteiger partial charge >= 0.3 is 6.18 Å². The van der Waals surface area contributed by atoms with Crippen molar-refractivity contribution < 1.29 is 18.0 Å². The first-order chi connectivity index (χ1) is 9.52. The van der Waals surface area contributed by atoms with E-state index >= 15 is 0 Å². The van der Waals surface area contributed by atoms with Gasteiger partial charge in [0.15, 0.2) is 0 Å². The molecule has 0 spiro atoms. The number of carbonyl (C=O) groups is 1. The fourth-order valence-electron chi connectivity index (χ4n) is 1.33. The third-order valence-corrected chi connectivity index (χ3v) is 3.86. The van der Waals surface area contributed by atoms with Gasteiger partial charge in [0.1, 0.15) is 11.1 Å². The summed E-state index contributed by atoms with van der Waals surface area (Å²) in [7, 11) is 0. The molecule has 0 bridgehead atoms. The maximum atomic E-state index is 12.7. The van der Waals surface area contributed by atoms with Crippen LogP contribution in [0.15, 0.2) is 16.5 Å². The number of hydrogen-bond donors (Lipinski definition) is 1. The molecule has 1 rings (SSSR count). The van der Waals surface area contributed by atoms with Crippen LogP contribution >= 0.6 is 23.2 Å². The van der Waals surface area contributed by atoms with Crippen LogP contribution in [0.5, 0.6) is 0 Å². The lowest BCUT2D eigenvalue weighted by molar-refractivity contribution is -0.211. The molecule has 0 unspecified atom stereocenters. The lowest BCUT2D eigenvalue weighted by Crippen LogP contribution is -2.46. The van der Waals surface area contributed by atoms with E-state index in [1.54, 1.807) is 0 Å². The van der Waals surface area contributed by atoms with Crippen molar-refractivity contribution in [1.29, 1.82) is 0 Å². The van der Waals surface area contributed by atoms with Crippen LogP contribution in [0, 0.1) is 5.41 Å². The Labute approximate surface area is 135 Å². The number of rotatable bonds is 4. The number of nitrogens with zero attached hydrogens (tertiary/aromatic N) is 1. The number of amides is 1. The molecule has 0 aromatic heterocycles. The summed E-state index contributed by atoms with van der Waals surface area (Å²) in [5.41, 5.74) is -1.98. The summed E-state index contributed by atoms with van der Waals surface area (Å²) < 4.78 is 41.7. The van der Waals surface area contributed by atoms with Crippen molar-refractivity contribution in [2.45, 2.75) is 26.6 Å². The number of benzene rings is 1. The average Bonchev–Trinajstić information content (AvgIpc) is 2.36. The Hall–Kier alpha value is -0.920. The van der Waals surface area contributed by atoms with Crippen molar-refractivity contribution in [1.82, 2.24) is 5.32 Å². The number of hydrogen-bond acceptors (Lipinski definition) is 3. The minimum atomic E-state index is -4.65. The minimum Gasteiger partial charge on any atom is -0.351 e. The molecule has 116 valence electrons. The molecule has 0 aliphatic heterocycles. The zero-order chi connectivity index (χ0) is 16.4. The second-order valence-corrected chi connectivity index (χ2v) is 5.73. The Balaban J connectivity index is 2.91. The van der Waals surface area contributed by atoms with Crippen LogP contribution in [0.25, 0.3) is 0 Å².